The molecule has 2 heteroatoms. The zero-order valence-electron chi connectivity index (χ0n) is 7.21. The Hall–Kier alpha value is -0.340. The van der Waals surface area contributed by atoms with Crippen LogP contribution in [0.5, 0.6) is 0 Å². The lowest BCUT2D eigenvalue weighted by atomic mass is 10.4. The average molecular weight is 172 g/mol. The molecule has 64 valence electrons. The maximum Gasteiger partial charge on any atom is 0.0479 e. The number of hydrogen-bond acceptors (Lipinski definition) is 2. The number of aliphatic hydroxyl groups is 1. The summed E-state index contributed by atoms with van der Waals surface area (Å²) in [6, 6.07) is 4.02. The van der Waals surface area contributed by atoms with Gasteiger partial charge in [-0.15, -0.1) is 11.3 Å². The fourth-order valence-corrected chi connectivity index (χ4v) is 1.26. The molecule has 0 saturated carbocycles. The van der Waals surface area contributed by atoms with Gasteiger partial charge in [-0.1, -0.05) is 26.3 Å². The number of aliphatic hydroxyl groups excluding tert-OH is 1. The number of rotatable bonds is 2. The van der Waals surface area contributed by atoms with Crippen molar-refractivity contribution in [3.8, 4) is 0 Å². The predicted molar refractivity (Wildman–Crippen MR) is 51.1 cm³/mol. The monoisotopic (exact) mass is 172 g/mol. The highest BCUT2D eigenvalue weighted by molar-refractivity contribution is 7.09. The number of thiophene rings is 1. The van der Waals surface area contributed by atoms with Crippen LogP contribution in [0.1, 0.15) is 25.1 Å². The van der Waals surface area contributed by atoms with Gasteiger partial charge in [0.05, 0.1) is 0 Å². The summed E-state index contributed by atoms with van der Waals surface area (Å²) in [7, 11) is 0. The molecule has 0 atom stereocenters. The predicted octanol–water partition coefficient (Wildman–Crippen LogP) is 2.70. The summed E-state index contributed by atoms with van der Waals surface area (Å²) in [5.74, 6) is 0. The minimum Gasteiger partial charge on any atom is -0.396 e. The van der Waals surface area contributed by atoms with Crippen LogP contribution < -0.4 is 0 Å². The normalized spacial score (nSPS) is 8.64. The molecule has 0 saturated heterocycles. The van der Waals surface area contributed by atoms with Crippen LogP contribution >= 0.6 is 11.3 Å². The molecule has 0 aliphatic heterocycles. The SMILES string of the molecule is CCC.OCCc1cccs1. The van der Waals surface area contributed by atoms with Crippen LogP contribution in [0.25, 0.3) is 0 Å². The highest BCUT2D eigenvalue weighted by Crippen LogP contribution is 2.07. The molecule has 1 nitrogen and oxygen atoms in total. The van der Waals surface area contributed by atoms with Crippen LogP contribution in [0.3, 0.4) is 0 Å². The average Bonchev–Trinajstić information content (AvgIpc) is 2.42. The second kappa shape index (κ2) is 7.76. The molecule has 0 unspecified atom stereocenters. The second-order valence-electron chi connectivity index (χ2n) is 2.26. The van der Waals surface area contributed by atoms with E-state index in [4.69, 9.17) is 5.11 Å². The maximum atomic E-state index is 8.44. The lowest BCUT2D eigenvalue weighted by Gasteiger charge is -1.85. The summed E-state index contributed by atoms with van der Waals surface area (Å²) in [6.45, 7) is 4.51. The van der Waals surface area contributed by atoms with Crippen LogP contribution in [0, 0.1) is 0 Å². The highest BCUT2D eigenvalue weighted by atomic mass is 32.1. The molecule has 11 heavy (non-hydrogen) atoms. The van der Waals surface area contributed by atoms with Crippen molar-refractivity contribution < 1.29 is 5.11 Å². The minimum absolute atomic E-state index is 0.264. The number of hydrogen-bond donors (Lipinski definition) is 1. The quantitative estimate of drug-likeness (QED) is 0.727. The van der Waals surface area contributed by atoms with Crippen molar-refractivity contribution in [2.75, 3.05) is 6.61 Å². The molecule has 1 heterocycles. The van der Waals surface area contributed by atoms with E-state index in [9.17, 15) is 0 Å². The summed E-state index contributed by atoms with van der Waals surface area (Å²) < 4.78 is 0. The van der Waals surface area contributed by atoms with Crippen molar-refractivity contribution >= 4 is 11.3 Å². The fourth-order valence-electron chi connectivity index (χ4n) is 0.565. The Morgan fingerprint density at radius 1 is 1.45 bits per heavy atom. The third kappa shape index (κ3) is 6.07. The van der Waals surface area contributed by atoms with Crippen molar-refractivity contribution in [3.63, 3.8) is 0 Å². The van der Waals surface area contributed by atoms with Gasteiger partial charge in [-0.05, 0) is 11.4 Å². The summed E-state index contributed by atoms with van der Waals surface area (Å²) in [5.41, 5.74) is 0. The van der Waals surface area contributed by atoms with E-state index in [0.717, 1.165) is 6.42 Å². The lowest BCUT2D eigenvalue weighted by Crippen LogP contribution is -1.84. The summed E-state index contributed by atoms with van der Waals surface area (Å²) >= 11 is 1.69. The Bertz CT molecular complexity index is 147. The molecular weight excluding hydrogens is 156 g/mol. The molecule has 1 rings (SSSR count). The first-order valence-electron chi connectivity index (χ1n) is 3.98. The van der Waals surface area contributed by atoms with Gasteiger partial charge in [0.1, 0.15) is 0 Å². The van der Waals surface area contributed by atoms with E-state index in [1.165, 1.54) is 11.3 Å². The summed E-state index contributed by atoms with van der Waals surface area (Å²) in [4.78, 5) is 1.26. The van der Waals surface area contributed by atoms with Gasteiger partial charge in [0.15, 0.2) is 0 Å². The van der Waals surface area contributed by atoms with Crippen molar-refractivity contribution in [3.05, 3.63) is 22.4 Å². The first kappa shape index (κ1) is 10.7. The van der Waals surface area contributed by atoms with Gasteiger partial charge in [0, 0.05) is 17.9 Å². The van der Waals surface area contributed by atoms with Crippen LogP contribution in [0.2, 0.25) is 0 Å². The van der Waals surface area contributed by atoms with Gasteiger partial charge in [-0.25, -0.2) is 0 Å². The molecule has 1 aromatic rings. The minimum atomic E-state index is 0.264. The van der Waals surface area contributed by atoms with E-state index in [0.29, 0.717) is 0 Å². The van der Waals surface area contributed by atoms with Gasteiger partial charge in [-0.3, -0.25) is 0 Å². The third-order valence-corrected chi connectivity index (χ3v) is 1.87. The first-order chi connectivity index (χ1) is 5.35. The van der Waals surface area contributed by atoms with Crippen LogP contribution in [0.4, 0.5) is 0 Å². The Balaban J connectivity index is 0.000000292. The molecule has 0 spiro atoms. The summed E-state index contributed by atoms with van der Waals surface area (Å²) in [5, 5.41) is 10.5. The molecule has 0 amide bonds. The standard InChI is InChI=1S/C6H8OS.C3H8/c7-4-3-6-2-1-5-8-6;1-3-2/h1-2,5,7H,3-4H2;3H2,1-2H3. The highest BCUT2D eigenvalue weighted by Gasteiger charge is 1.87. The van der Waals surface area contributed by atoms with Crippen LogP contribution in [-0.2, 0) is 6.42 Å². The molecular formula is C9H16OS. The third-order valence-electron chi connectivity index (χ3n) is 0.938. The van der Waals surface area contributed by atoms with Gasteiger partial charge in [0.25, 0.3) is 0 Å². The summed E-state index contributed by atoms with van der Waals surface area (Å²) in [6.07, 6.45) is 2.05. The van der Waals surface area contributed by atoms with E-state index in [2.05, 4.69) is 13.8 Å². The van der Waals surface area contributed by atoms with Gasteiger partial charge >= 0.3 is 0 Å². The topological polar surface area (TPSA) is 20.2 Å². The molecule has 0 fully saturated rings. The van der Waals surface area contributed by atoms with Crippen LogP contribution in [-0.4, -0.2) is 11.7 Å². The molecule has 0 aliphatic rings. The lowest BCUT2D eigenvalue weighted by molar-refractivity contribution is 0.300. The Labute approximate surface area is 72.7 Å². The Kier molecular flexibility index (Phi) is 7.52. The van der Waals surface area contributed by atoms with Gasteiger partial charge < -0.3 is 5.11 Å². The van der Waals surface area contributed by atoms with E-state index in [1.54, 1.807) is 11.3 Å². The second-order valence-corrected chi connectivity index (χ2v) is 3.29. The van der Waals surface area contributed by atoms with E-state index in [-0.39, 0.29) is 6.61 Å². The first-order valence-corrected chi connectivity index (χ1v) is 4.86. The zero-order valence-corrected chi connectivity index (χ0v) is 8.03. The Morgan fingerprint density at radius 2 is 2.09 bits per heavy atom. The van der Waals surface area contributed by atoms with E-state index >= 15 is 0 Å². The fraction of sp³-hybridized carbons (Fsp3) is 0.556. The molecule has 0 aromatic carbocycles. The largest absolute Gasteiger partial charge is 0.396 e. The molecule has 0 aliphatic carbocycles. The van der Waals surface area contributed by atoms with E-state index in [1.807, 2.05) is 17.5 Å². The van der Waals surface area contributed by atoms with Gasteiger partial charge in [0.2, 0.25) is 0 Å². The van der Waals surface area contributed by atoms with E-state index < -0.39 is 0 Å². The van der Waals surface area contributed by atoms with Crippen molar-refractivity contribution in [1.82, 2.24) is 0 Å². The van der Waals surface area contributed by atoms with Crippen molar-refractivity contribution in [2.45, 2.75) is 26.7 Å². The zero-order chi connectivity index (χ0) is 8.53. The smallest absolute Gasteiger partial charge is 0.0479 e. The van der Waals surface area contributed by atoms with Gasteiger partial charge in [-0.2, -0.15) is 0 Å². The molecule has 0 bridgehead atoms. The van der Waals surface area contributed by atoms with Crippen molar-refractivity contribution in [1.29, 1.82) is 0 Å². The Morgan fingerprint density at radius 3 is 2.45 bits per heavy atom. The molecule has 1 aromatic heterocycles. The maximum absolute atomic E-state index is 8.44. The molecule has 1 N–H and O–H groups in total. The van der Waals surface area contributed by atoms with Crippen LogP contribution in [0.15, 0.2) is 17.5 Å². The molecule has 0 radical (unpaired) electrons. The van der Waals surface area contributed by atoms with Crippen molar-refractivity contribution in [2.24, 2.45) is 0 Å².